The molecule has 4 rings (SSSR count). The van der Waals surface area contributed by atoms with Crippen LogP contribution >= 0.6 is 11.6 Å². The van der Waals surface area contributed by atoms with E-state index in [0.29, 0.717) is 23.1 Å². The Balaban J connectivity index is 1.56. The molecule has 0 saturated carbocycles. The van der Waals surface area contributed by atoms with Crippen LogP contribution in [0.25, 0.3) is 16.5 Å². The van der Waals surface area contributed by atoms with Gasteiger partial charge in [0.25, 0.3) is 5.56 Å². The summed E-state index contributed by atoms with van der Waals surface area (Å²) < 4.78 is 15.9. The minimum absolute atomic E-state index is 0.0309. The number of halogens is 2. The third-order valence-electron chi connectivity index (χ3n) is 6.04. The molecule has 2 amide bonds. The quantitative estimate of drug-likeness (QED) is 0.562. The number of nitriles is 1. The average molecular weight is 510 g/mol. The fourth-order valence-electron chi connectivity index (χ4n) is 4.01. The van der Waals surface area contributed by atoms with Crippen LogP contribution in [0.5, 0.6) is 0 Å². The highest BCUT2D eigenvalue weighted by atomic mass is 35.5. The predicted octanol–water partition coefficient (Wildman–Crippen LogP) is 3.49. The Morgan fingerprint density at radius 3 is 2.72 bits per heavy atom. The van der Waals surface area contributed by atoms with E-state index < -0.39 is 17.5 Å². The number of benzene rings is 2. The monoisotopic (exact) mass is 509 g/mol. The molecule has 1 aliphatic heterocycles. The molecule has 3 aromatic rings. The summed E-state index contributed by atoms with van der Waals surface area (Å²) in [4.78, 5) is 43.7. The number of hydrogen-bond donors (Lipinski definition) is 1. The summed E-state index contributed by atoms with van der Waals surface area (Å²) in [5.74, 6) is -1.05. The van der Waals surface area contributed by atoms with Crippen LogP contribution in [-0.2, 0) is 17.9 Å². The van der Waals surface area contributed by atoms with Crippen LogP contribution in [0.3, 0.4) is 0 Å². The zero-order valence-corrected chi connectivity index (χ0v) is 20.0. The van der Waals surface area contributed by atoms with Gasteiger partial charge in [0.05, 0.1) is 22.3 Å². The fourth-order valence-corrected chi connectivity index (χ4v) is 4.25. The SMILES string of the molecule is CN(Cc1ccc(C#N)c(Cl)c1)C(=O)Cn1cnc2c(F)cc(C3=CCN(C(=O)O)CC3)cc2c1=O. The summed E-state index contributed by atoms with van der Waals surface area (Å²) in [7, 11) is 1.57. The highest BCUT2D eigenvalue weighted by molar-refractivity contribution is 6.31. The molecule has 0 atom stereocenters. The Kier molecular flexibility index (Phi) is 7.03. The van der Waals surface area contributed by atoms with Crippen molar-refractivity contribution >= 4 is 40.1 Å². The van der Waals surface area contributed by atoms with Crippen LogP contribution in [0.2, 0.25) is 5.02 Å². The molecule has 36 heavy (non-hydrogen) atoms. The van der Waals surface area contributed by atoms with E-state index in [0.717, 1.165) is 16.5 Å². The minimum Gasteiger partial charge on any atom is -0.465 e. The number of hydrogen-bond acceptors (Lipinski definition) is 5. The van der Waals surface area contributed by atoms with Crippen molar-refractivity contribution in [3.05, 3.63) is 80.6 Å². The molecule has 11 heteroatoms. The summed E-state index contributed by atoms with van der Waals surface area (Å²) >= 11 is 6.06. The maximum atomic E-state index is 14.8. The molecular weight excluding hydrogens is 489 g/mol. The first-order valence-electron chi connectivity index (χ1n) is 11.0. The van der Waals surface area contributed by atoms with Gasteiger partial charge in [-0.05, 0) is 47.4 Å². The topological polar surface area (TPSA) is 120 Å². The van der Waals surface area contributed by atoms with Gasteiger partial charge in [0, 0.05) is 26.7 Å². The summed E-state index contributed by atoms with van der Waals surface area (Å²) in [6, 6.07) is 9.65. The van der Waals surface area contributed by atoms with E-state index in [-0.39, 0.29) is 48.0 Å². The number of likely N-dealkylation sites (N-methyl/N-ethyl adjacent to an activating group) is 1. The molecule has 0 saturated heterocycles. The van der Waals surface area contributed by atoms with Crippen molar-refractivity contribution in [2.45, 2.75) is 19.5 Å². The van der Waals surface area contributed by atoms with Gasteiger partial charge in [-0.2, -0.15) is 5.26 Å². The highest BCUT2D eigenvalue weighted by Gasteiger charge is 2.20. The first-order chi connectivity index (χ1) is 17.2. The van der Waals surface area contributed by atoms with Crippen molar-refractivity contribution in [3.8, 4) is 6.07 Å². The normalized spacial score (nSPS) is 13.3. The Hall–Kier alpha value is -4.23. The molecule has 0 radical (unpaired) electrons. The molecule has 0 fully saturated rings. The minimum atomic E-state index is -1.03. The van der Waals surface area contributed by atoms with Crippen LogP contribution in [0.4, 0.5) is 9.18 Å². The lowest BCUT2D eigenvalue weighted by Crippen LogP contribution is -2.34. The molecule has 2 aromatic carbocycles. The molecule has 0 bridgehead atoms. The number of carbonyl (C=O) groups is 2. The van der Waals surface area contributed by atoms with E-state index >= 15 is 0 Å². The second-order valence-electron chi connectivity index (χ2n) is 8.42. The van der Waals surface area contributed by atoms with Crippen molar-refractivity contribution in [1.82, 2.24) is 19.4 Å². The van der Waals surface area contributed by atoms with Crippen LogP contribution in [-0.4, -0.2) is 56.6 Å². The number of aromatic nitrogens is 2. The number of rotatable bonds is 5. The lowest BCUT2D eigenvalue weighted by molar-refractivity contribution is -0.131. The Bertz CT molecular complexity index is 1510. The maximum absolute atomic E-state index is 14.8. The molecular formula is C25H21ClFN5O4. The Morgan fingerprint density at radius 1 is 1.31 bits per heavy atom. The number of fused-ring (bicyclic) bond motifs is 1. The molecule has 1 aromatic heterocycles. The number of nitrogens with zero attached hydrogens (tertiary/aromatic N) is 5. The number of carbonyl (C=O) groups excluding carboxylic acids is 1. The van der Waals surface area contributed by atoms with Gasteiger partial charge < -0.3 is 14.9 Å². The zero-order chi connectivity index (χ0) is 26.0. The number of carboxylic acid groups (broad SMARTS) is 1. The van der Waals surface area contributed by atoms with Crippen molar-refractivity contribution in [2.75, 3.05) is 20.1 Å². The second-order valence-corrected chi connectivity index (χ2v) is 8.82. The van der Waals surface area contributed by atoms with Gasteiger partial charge >= 0.3 is 6.09 Å². The summed E-state index contributed by atoms with van der Waals surface area (Å²) in [6.45, 7) is 0.348. The van der Waals surface area contributed by atoms with Crippen molar-refractivity contribution in [1.29, 1.82) is 5.26 Å². The lowest BCUT2D eigenvalue weighted by Gasteiger charge is -2.24. The average Bonchev–Trinajstić information content (AvgIpc) is 2.86. The summed E-state index contributed by atoms with van der Waals surface area (Å²) in [5, 5.41) is 18.4. The second kappa shape index (κ2) is 10.2. The van der Waals surface area contributed by atoms with Crippen LogP contribution < -0.4 is 5.56 Å². The first-order valence-corrected chi connectivity index (χ1v) is 11.3. The van der Waals surface area contributed by atoms with Crippen molar-refractivity contribution < 1.29 is 19.1 Å². The molecule has 0 unspecified atom stereocenters. The van der Waals surface area contributed by atoms with Gasteiger partial charge in [-0.25, -0.2) is 14.2 Å². The van der Waals surface area contributed by atoms with Crippen LogP contribution in [0.15, 0.2) is 47.5 Å². The predicted molar refractivity (Wildman–Crippen MR) is 131 cm³/mol. The highest BCUT2D eigenvalue weighted by Crippen LogP contribution is 2.26. The first kappa shape index (κ1) is 24.9. The van der Waals surface area contributed by atoms with Gasteiger partial charge in [-0.15, -0.1) is 0 Å². The molecule has 0 spiro atoms. The van der Waals surface area contributed by atoms with Crippen LogP contribution in [0.1, 0.15) is 23.1 Å². The van der Waals surface area contributed by atoms with E-state index in [1.165, 1.54) is 21.9 Å². The van der Waals surface area contributed by atoms with Crippen molar-refractivity contribution in [2.24, 2.45) is 0 Å². The van der Waals surface area contributed by atoms with Crippen LogP contribution in [0, 0.1) is 17.1 Å². The summed E-state index contributed by atoms with van der Waals surface area (Å²) in [6.07, 6.45) is 2.19. The van der Waals surface area contributed by atoms with Gasteiger partial charge in [0.1, 0.15) is 23.9 Å². The third-order valence-corrected chi connectivity index (χ3v) is 6.35. The molecule has 184 valence electrons. The fraction of sp³-hybridized carbons (Fsp3) is 0.240. The Morgan fingerprint density at radius 2 is 2.08 bits per heavy atom. The molecule has 1 N–H and O–H groups in total. The molecule has 9 nitrogen and oxygen atoms in total. The van der Waals surface area contributed by atoms with E-state index in [1.807, 2.05) is 6.07 Å². The van der Waals surface area contributed by atoms with Gasteiger partial charge in [0.15, 0.2) is 0 Å². The van der Waals surface area contributed by atoms with Gasteiger partial charge in [0.2, 0.25) is 5.91 Å². The largest absolute Gasteiger partial charge is 0.465 e. The van der Waals surface area contributed by atoms with Crippen molar-refractivity contribution in [3.63, 3.8) is 0 Å². The van der Waals surface area contributed by atoms with E-state index in [4.69, 9.17) is 22.0 Å². The molecule has 0 aliphatic carbocycles. The zero-order valence-electron chi connectivity index (χ0n) is 19.2. The lowest BCUT2D eigenvalue weighted by atomic mass is 9.98. The van der Waals surface area contributed by atoms with Gasteiger partial charge in [-0.1, -0.05) is 23.7 Å². The summed E-state index contributed by atoms with van der Waals surface area (Å²) in [5.41, 5.74) is 1.60. The number of amides is 2. The molecule has 1 aliphatic rings. The standard InChI is InChI=1S/C25H21ClFN5O4/c1-30(12-15-2-3-17(11-28)20(26)8-15)22(33)13-32-14-29-23-19(24(32)34)9-18(10-21(23)27)16-4-6-31(7-5-16)25(35)36/h2-4,8-10,14H,5-7,12-13H2,1H3,(H,35,36). The maximum Gasteiger partial charge on any atom is 0.407 e. The smallest absolute Gasteiger partial charge is 0.407 e. The van der Waals surface area contributed by atoms with E-state index in [1.54, 1.807) is 31.3 Å². The van der Waals surface area contributed by atoms with E-state index in [9.17, 15) is 18.8 Å². The third kappa shape index (κ3) is 5.06. The van der Waals surface area contributed by atoms with Gasteiger partial charge in [-0.3, -0.25) is 14.2 Å². The van der Waals surface area contributed by atoms with E-state index in [2.05, 4.69) is 4.98 Å². The Labute approximate surface area is 210 Å². The molecule has 2 heterocycles.